The molecule has 0 aromatic heterocycles. The van der Waals surface area contributed by atoms with Crippen LogP contribution in [-0.4, -0.2) is 60.8 Å². The lowest BCUT2D eigenvalue weighted by Gasteiger charge is -2.35. The van der Waals surface area contributed by atoms with Crippen LogP contribution in [0.4, 0.5) is 0 Å². The van der Waals surface area contributed by atoms with E-state index in [1.165, 1.54) is 13.0 Å². The van der Waals surface area contributed by atoms with Gasteiger partial charge in [-0.3, -0.25) is 4.90 Å². The van der Waals surface area contributed by atoms with Gasteiger partial charge in [0, 0.05) is 38.3 Å². The maximum absolute atomic E-state index is 10.5. The molecule has 21 heavy (non-hydrogen) atoms. The van der Waals surface area contributed by atoms with Gasteiger partial charge in [-0.25, -0.2) is 0 Å². The molecule has 1 aliphatic rings. The summed E-state index contributed by atoms with van der Waals surface area (Å²) in [5.41, 5.74) is 0.898. The number of hydrogen-bond donors (Lipinski definition) is 1. The van der Waals surface area contributed by atoms with Crippen molar-refractivity contribution in [2.75, 3.05) is 45.9 Å². The SMILES string of the molecule is CCCN1CCN(CC(O)c2ccccc2OCC)CC1. The van der Waals surface area contributed by atoms with Crippen LogP contribution in [0.3, 0.4) is 0 Å². The molecule has 0 saturated carbocycles. The third-order valence-corrected chi connectivity index (χ3v) is 4.01. The van der Waals surface area contributed by atoms with E-state index in [0.29, 0.717) is 13.2 Å². The van der Waals surface area contributed by atoms with Gasteiger partial charge in [-0.1, -0.05) is 25.1 Å². The Kier molecular flexibility index (Phi) is 6.49. The lowest BCUT2D eigenvalue weighted by Crippen LogP contribution is -2.47. The van der Waals surface area contributed by atoms with E-state index in [0.717, 1.165) is 37.5 Å². The Morgan fingerprint density at radius 3 is 2.43 bits per heavy atom. The van der Waals surface area contributed by atoms with E-state index in [9.17, 15) is 5.11 Å². The first kappa shape index (κ1) is 16.3. The summed E-state index contributed by atoms with van der Waals surface area (Å²) in [6.45, 7) is 11.0. The van der Waals surface area contributed by atoms with E-state index in [2.05, 4.69) is 16.7 Å². The maximum Gasteiger partial charge on any atom is 0.125 e. The highest BCUT2D eigenvalue weighted by Gasteiger charge is 2.21. The molecule has 1 aliphatic heterocycles. The fourth-order valence-electron chi connectivity index (χ4n) is 2.90. The van der Waals surface area contributed by atoms with E-state index < -0.39 is 6.10 Å². The second-order valence-corrected chi connectivity index (χ2v) is 5.63. The number of piperazine rings is 1. The first-order valence-corrected chi connectivity index (χ1v) is 8.09. The number of rotatable bonds is 7. The molecule has 4 nitrogen and oxygen atoms in total. The first-order chi connectivity index (χ1) is 10.2. The lowest BCUT2D eigenvalue weighted by atomic mass is 10.1. The molecule has 1 heterocycles. The van der Waals surface area contributed by atoms with Gasteiger partial charge in [0.2, 0.25) is 0 Å². The fraction of sp³-hybridized carbons (Fsp3) is 0.647. The predicted molar refractivity (Wildman–Crippen MR) is 85.7 cm³/mol. The van der Waals surface area contributed by atoms with E-state index >= 15 is 0 Å². The molecule has 0 amide bonds. The number of nitrogens with zero attached hydrogens (tertiary/aromatic N) is 2. The van der Waals surface area contributed by atoms with E-state index in [1.807, 2.05) is 31.2 Å². The van der Waals surface area contributed by atoms with E-state index in [4.69, 9.17) is 4.74 Å². The molecule has 1 aromatic rings. The Morgan fingerprint density at radius 1 is 1.10 bits per heavy atom. The first-order valence-electron chi connectivity index (χ1n) is 8.09. The topological polar surface area (TPSA) is 35.9 Å². The standard InChI is InChI=1S/C17H28N2O2/c1-3-9-18-10-12-19(13-11-18)14-16(20)15-7-5-6-8-17(15)21-4-2/h5-8,16,20H,3-4,9-14H2,1-2H3. The molecular formula is C17H28N2O2. The third kappa shape index (κ3) is 4.70. The van der Waals surface area contributed by atoms with Crippen molar-refractivity contribution < 1.29 is 9.84 Å². The molecule has 0 aliphatic carbocycles. The highest BCUT2D eigenvalue weighted by Crippen LogP contribution is 2.26. The van der Waals surface area contributed by atoms with Crippen molar-refractivity contribution in [3.8, 4) is 5.75 Å². The number of ether oxygens (including phenoxy) is 1. The molecular weight excluding hydrogens is 264 g/mol. The molecule has 118 valence electrons. The second kappa shape index (κ2) is 8.37. The van der Waals surface area contributed by atoms with Crippen LogP contribution in [0.25, 0.3) is 0 Å². The molecule has 2 rings (SSSR count). The second-order valence-electron chi connectivity index (χ2n) is 5.63. The van der Waals surface area contributed by atoms with Crippen molar-refractivity contribution in [1.29, 1.82) is 0 Å². The molecule has 4 heteroatoms. The van der Waals surface area contributed by atoms with Crippen LogP contribution >= 0.6 is 0 Å². The molecule has 1 saturated heterocycles. The van der Waals surface area contributed by atoms with E-state index in [1.54, 1.807) is 0 Å². The van der Waals surface area contributed by atoms with Gasteiger partial charge >= 0.3 is 0 Å². The molecule has 1 unspecified atom stereocenters. The van der Waals surface area contributed by atoms with Crippen molar-refractivity contribution in [2.24, 2.45) is 0 Å². The number of hydrogen-bond acceptors (Lipinski definition) is 4. The molecule has 1 N–H and O–H groups in total. The van der Waals surface area contributed by atoms with Gasteiger partial charge in [-0.2, -0.15) is 0 Å². The average molecular weight is 292 g/mol. The number of benzene rings is 1. The van der Waals surface area contributed by atoms with Crippen LogP contribution < -0.4 is 4.74 Å². The predicted octanol–water partition coefficient (Wildman–Crippen LogP) is 2.15. The Balaban J connectivity index is 1.89. The zero-order valence-corrected chi connectivity index (χ0v) is 13.3. The molecule has 1 fully saturated rings. The Bertz CT molecular complexity index is 417. The normalized spacial score (nSPS) is 18.6. The summed E-state index contributed by atoms with van der Waals surface area (Å²) < 4.78 is 5.61. The van der Waals surface area contributed by atoms with E-state index in [-0.39, 0.29) is 0 Å². The van der Waals surface area contributed by atoms with Crippen molar-refractivity contribution in [2.45, 2.75) is 26.4 Å². The zero-order valence-electron chi connectivity index (χ0n) is 13.3. The van der Waals surface area contributed by atoms with Crippen LogP contribution in [0.1, 0.15) is 31.9 Å². The lowest BCUT2D eigenvalue weighted by molar-refractivity contribution is 0.0711. The minimum atomic E-state index is -0.481. The molecule has 0 spiro atoms. The highest BCUT2D eigenvalue weighted by atomic mass is 16.5. The smallest absolute Gasteiger partial charge is 0.125 e. The number of aliphatic hydroxyl groups excluding tert-OH is 1. The van der Waals surface area contributed by atoms with Crippen molar-refractivity contribution in [1.82, 2.24) is 9.80 Å². The molecule has 0 bridgehead atoms. The van der Waals surface area contributed by atoms with Gasteiger partial charge in [0.05, 0.1) is 12.7 Å². The van der Waals surface area contributed by atoms with Gasteiger partial charge in [0.15, 0.2) is 0 Å². The minimum absolute atomic E-state index is 0.481. The van der Waals surface area contributed by atoms with Crippen molar-refractivity contribution in [3.63, 3.8) is 0 Å². The summed E-state index contributed by atoms with van der Waals surface area (Å²) in [5.74, 6) is 0.803. The maximum atomic E-state index is 10.5. The van der Waals surface area contributed by atoms with Crippen molar-refractivity contribution >= 4 is 0 Å². The summed E-state index contributed by atoms with van der Waals surface area (Å²) in [6.07, 6.45) is 0.732. The molecule has 0 radical (unpaired) electrons. The number of para-hydroxylation sites is 1. The average Bonchev–Trinajstić information content (AvgIpc) is 2.50. The molecule has 1 atom stereocenters. The fourth-order valence-corrected chi connectivity index (χ4v) is 2.90. The van der Waals surface area contributed by atoms with Crippen LogP contribution in [0.5, 0.6) is 5.75 Å². The van der Waals surface area contributed by atoms with Crippen LogP contribution in [0, 0.1) is 0 Å². The van der Waals surface area contributed by atoms with Gasteiger partial charge in [0.25, 0.3) is 0 Å². The van der Waals surface area contributed by atoms with Crippen LogP contribution in [0.2, 0.25) is 0 Å². The Labute approximate surface area is 128 Å². The van der Waals surface area contributed by atoms with Gasteiger partial charge in [0.1, 0.15) is 5.75 Å². The summed E-state index contributed by atoms with van der Waals surface area (Å²) in [7, 11) is 0. The number of β-amino-alcohol motifs (C(OH)–C–C–N with tert-alkyl or cyclic N) is 1. The summed E-state index contributed by atoms with van der Waals surface area (Å²) in [5, 5.41) is 10.5. The minimum Gasteiger partial charge on any atom is -0.493 e. The summed E-state index contributed by atoms with van der Waals surface area (Å²) >= 11 is 0. The number of aliphatic hydroxyl groups is 1. The summed E-state index contributed by atoms with van der Waals surface area (Å²) in [6, 6.07) is 7.80. The van der Waals surface area contributed by atoms with Gasteiger partial charge in [-0.15, -0.1) is 0 Å². The third-order valence-electron chi connectivity index (χ3n) is 4.01. The van der Waals surface area contributed by atoms with Crippen LogP contribution in [-0.2, 0) is 0 Å². The largest absolute Gasteiger partial charge is 0.493 e. The summed E-state index contributed by atoms with van der Waals surface area (Å²) in [4.78, 5) is 4.84. The van der Waals surface area contributed by atoms with Gasteiger partial charge in [-0.05, 0) is 26.0 Å². The Hall–Kier alpha value is -1.10. The zero-order chi connectivity index (χ0) is 15.1. The quantitative estimate of drug-likeness (QED) is 0.835. The van der Waals surface area contributed by atoms with Crippen LogP contribution in [0.15, 0.2) is 24.3 Å². The van der Waals surface area contributed by atoms with Gasteiger partial charge < -0.3 is 14.7 Å². The monoisotopic (exact) mass is 292 g/mol. The van der Waals surface area contributed by atoms with Crippen molar-refractivity contribution in [3.05, 3.63) is 29.8 Å². The Morgan fingerprint density at radius 2 is 1.76 bits per heavy atom. The highest BCUT2D eigenvalue weighted by molar-refractivity contribution is 5.35. The molecule has 1 aromatic carbocycles.